The molecule has 2 aromatic rings. The normalized spacial score (nSPS) is 33.3. The van der Waals surface area contributed by atoms with Crippen LogP contribution in [0.1, 0.15) is 22.3 Å². The van der Waals surface area contributed by atoms with Gasteiger partial charge in [0.05, 0.1) is 13.2 Å². The molecular formula is C27H34O15. The standard InChI is InChI=1S/C27H34O15/c28-9-17-20(34)21(35)23(37)27(40-17)42-25-18(10-29)41-26(24(38)22(25)36)39-16-8-13(31)7-15(33)19(16)14(32)6-3-11-1-4-12(30)5-2-11/h1-2,4-5,7-8,17-18,20-31,33-38H,3,6,9-10H2. The lowest BCUT2D eigenvalue weighted by molar-refractivity contribution is -0.352. The number of aromatic hydroxyl groups is 3. The second-order valence-electron chi connectivity index (χ2n) is 10.1. The number of aliphatic hydroxyl groups excluding tert-OH is 7. The van der Waals surface area contributed by atoms with Crippen LogP contribution in [0.2, 0.25) is 0 Å². The minimum absolute atomic E-state index is 0.0483. The molecule has 0 saturated carbocycles. The molecule has 2 fully saturated rings. The van der Waals surface area contributed by atoms with Crippen LogP contribution in [-0.2, 0) is 20.6 Å². The first-order chi connectivity index (χ1) is 19.9. The van der Waals surface area contributed by atoms with Crippen molar-refractivity contribution in [3.63, 3.8) is 0 Å². The van der Waals surface area contributed by atoms with E-state index >= 15 is 0 Å². The number of benzene rings is 2. The van der Waals surface area contributed by atoms with E-state index < -0.39 is 97.7 Å². The predicted octanol–water partition coefficient (Wildman–Crippen LogP) is -2.38. The molecule has 10 atom stereocenters. The van der Waals surface area contributed by atoms with Gasteiger partial charge in [0.25, 0.3) is 0 Å². The molecule has 0 amide bonds. The average Bonchev–Trinajstić information content (AvgIpc) is 2.96. The molecule has 2 aliphatic heterocycles. The molecule has 0 aliphatic carbocycles. The van der Waals surface area contributed by atoms with E-state index in [1.165, 1.54) is 12.1 Å². The third-order valence-corrected chi connectivity index (χ3v) is 7.13. The Bertz CT molecular complexity index is 1200. The fraction of sp³-hybridized carbons (Fsp3) is 0.519. The quantitative estimate of drug-likeness (QED) is 0.128. The number of ketones is 1. The molecule has 0 bridgehead atoms. The molecule has 232 valence electrons. The minimum Gasteiger partial charge on any atom is -0.508 e. The van der Waals surface area contributed by atoms with E-state index in [9.17, 15) is 55.9 Å². The van der Waals surface area contributed by atoms with Gasteiger partial charge in [-0.25, -0.2) is 0 Å². The SMILES string of the molecule is O=C(CCc1ccc(O)cc1)c1c(O)cc(O)cc1OC1OC(CO)C(OC2OC(CO)C(O)C(O)C2O)C(O)C1O. The van der Waals surface area contributed by atoms with Crippen molar-refractivity contribution in [3.8, 4) is 23.0 Å². The Morgan fingerprint density at radius 2 is 1.36 bits per heavy atom. The maximum Gasteiger partial charge on any atom is 0.229 e. The second kappa shape index (κ2) is 13.5. The van der Waals surface area contributed by atoms with Gasteiger partial charge in [-0.05, 0) is 24.1 Å². The minimum atomic E-state index is -1.92. The summed E-state index contributed by atoms with van der Waals surface area (Å²) in [5, 5.41) is 101. The third kappa shape index (κ3) is 6.76. The van der Waals surface area contributed by atoms with Crippen molar-refractivity contribution in [1.29, 1.82) is 0 Å². The van der Waals surface area contributed by atoms with Crippen molar-refractivity contribution in [2.24, 2.45) is 0 Å². The summed E-state index contributed by atoms with van der Waals surface area (Å²) < 4.78 is 22.0. The second-order valence-corrected chi connectivity index (χ2v) is 10.1. The summed E-state index contributed by atoms with van der Waals surface area (Å²) in [4.78, 5) is 13.1. The smallest absolute Gasteiger partial charge is 0.229 e. The molecule has 2 saturated heterocycles. The highest BCUT2D eigenvalue weighted by Gasteiger charge is 2.51. The van der Waals surface area contributed by atoms with Gasteiger partial charge in [-0.3, -0.25) is 4.79 Å². The summed E-state index contributed by atoms with van der Waals surface area (Å²) in [5.74, 6) is -2.08. The zero-order valence-electron chi connectivity index (χ0n) is 22.1. The molecule has 0 spiro atoms. The first kappa shape index (κ1) is 31.8. The molecular weight excluding hydrogens is 564 g/mol. The topological polar surface area (TPSA) is 256 Å². The summed E-state index contributed by atoms with van der Waals surface area (Å²) in [6.07, 6.45) is -16.9. The van der Waals surface area contributed by atoms with Gasteiger partial charge < -0.3 is 70.0 Å². The molecule has 4 rings (SSSR count). The van der Waals surface area contributed by atoms with E-state index in [1.807, 2.05) is 0 Å². The first-order valence-corrected chi connectivity index (χ1v) is 13.1. The van der Waals surface area contributed by atoms with Crippen LogP contribution in [0, 0.1) is 0 Å². The Morgan fingerprint density at radius 3 is 2.00 bits per heavy atom. The molecule has 0 radical (unpaired) electrons. The van der Waals surface area contributed by atoms with E-state index in [0.29, 0.717) is 5.56 Å². The van der Waals surface area contributed by atoms with E-state index in [-0.39, 0.29) is 24.2 Å². The lowest BCUT2D eigenvalue weighted by atomic mass is 9.97. The Balaban J connectivity index is 1.50. The van der Waals surface area contributed by atoms with E-state index in [2.05, 4.69) is 0 Å². The van der Waals surface area contributed by atoms with Crippen molar-refractivity contribution in [2.45, 2.75) is 74.3 Å². The maximum atomic E-state index is 13.1. The third-order valence-electron chi connectivity index (χ3n) is 7.13. The van der Waals surface area contributed by atoms with Crippen LogP contribution in [-0.4, -0.2) is 131 Å². The highest BCUT2D eigenvalue weighted by molar-refractivity contribution is 6.01. The van der Waals surface area contributed by atoms with Crippen LogP contribution in [0.25, 0.3) is 0 Å². The number of hydrogen-bond donors (Lipinski definition) is 10. The molecule has 15 heteroatoms. The van der Waals surface area contributed by atoms with Crippen LogP contribution in [0.4, 0.5) is 0 Å². The van der Waals surface area contributed by atoms with Crippen molar-refractivity contribution in [1.82, 2.24) is 0 Å². The van der Waals surface area contributed by atoms with E-state index in [4.69, 9.17) is 18.9 Å². The van der Waals surface area contributed by atoms with Gasteiger partial charge in [-0.1, -0.05) is 12.1 Å². The number of ether oxygens (including phenoxy) is 4. The van der Waals surface area contributed by atoms with E-state index in [1.54, 1.807) is 12.1 Å². The van der Waals surface area contributed by atoms with Gasteiger partial charge in [-0.2, -0.15) is 0 Å². The summed E-state index contributed by atoms with van der Waals surface area (Å²) >= 11 is 0. The highest BCUT2D eigenvalue weighted by Crippen LogP contribution is 2.37. The average molecular weight is 599 g/mol. The molecule has 10 unspecified atom stereocenters. The number of aliphatic hydroxyl groups is 7. The Kier molecular flexibility index (Phi) is 10.2. The largest absolute Gasteiger partial charge is 0.508 e. The number of aryl methyl sites for hydroxylation is 1. The van der Waals surface area contributed by atoms with Crippen molar-refractivity contribution in [3.05, 3.63) is 47.5 Å². The molecule has 2 aliphatic rings. The number of phenolic OH excluding ortho intramolecular Hbond substituents is 3. The molecule has 0 aromatic heterocycles. The predicted molar refractivity (Wildman–Crippen MR) is 138 cm³/mol. The molecule has 42 heavy (non-hydrogen) atoms. The lowest BCUT2D eigenvalue weighted by Gasteiger charge is -2.45. The Morgan fingerprint density at radius 1 is 0.738 bits per heavy atom. The summed E-state index contributed by atoms with van der Waals surface area (Å²) in [6.45, 7) is -1.57. The number of phenols is 3. The molecule has 15 nitrogen and oxygen atoms in total. The number of rotatable bonds is 10. The lowest BCUT2D eigenvalue weighted by Crippen LogP contribution is -2.65. The number of carbonyl (C=O) groups is 1. The first-order valence-electron chi connectivity index (χ1n) is 13.1. The van der Waals surface area contributed by atoms with Gasteiger partial charge in [0, 0.05) is 18.6 Å². The van der Waals surface area contributed by atoms with Gasteiger partial charge in [0.1, 0.15) is 77.4 Å². The van der Waals surface area contributed by atoms with Crippen molar-refractivity contribution >= 4 is 5.78 Å². The van der Waals surface area contributed by atoms with Crippen molar-refractivity contribution < 1.29 is 74.8 Å². The summed E-state index contributed by atoms with van der Waals surface area (Å²) in [7, 11) is 0. The van der Waals surface area contributed by atoms with Crippen LogP contribution < -0.4 is 4.74 Å². The fourth-order valence-electron chi connectivity index (χ4n) is 4.78. The Labute approximate surface area is 239 Å². The summed E-state index contributed by atoms with van der Waals surface area (Å²) in [5.41, 5.74) is 0.365. The van der Waals surface area contributed by atoms with Gasteiger partial charge in [0.2, 0.25) is 6.29 Å². The highest BCUT2D eigenvalue weighted by atomic mass is 16.7. The van der Waals surface area contributed by atoms with Crippen LogP contribution in [0.3, 0.4) is 0 Å². The van der Waals surface area contributed by atoms with E-state index in [0.717, 1.165) is 12.1 Å². The van der Waals surface area contributed by atoms with Gasteiger partial charge in [0.15, 0.2) is 12.1 Å². The maximum absolute atomic E-state index is 13.1. The van der Waals surface area contributed by atoms with Gasteiger partial charge >= 0.3 is 0 Å². The molecule has 2 heterocycles. The van der Waals surface area contributed by atoms with Gasteiger partial charge in [-0.15, -0.1) is 0 Å². The number of carbonyl (C=O) groups excluding carboxylic acids is 1. The monoisotopic (exact) mass is 598 g/mol. The van der Waals surface area contributed by atoms with Crippen LogP contribution in [0.15, 0.2) is 36.4 Å². The summed E-state index contributed by atoms with van der Waals surface area (Å²) in [6, 6.07) is 8.02. The number of hydrogen-bond acceptors (Lipinski definition) is 15. The number of Topliss-reactive ketones (excluding diaryl/α,β-unsaturated/α-hetero) is 1. The zero-order chi connectivity index (χ0) is 30.7. The Hall–Kier alpha value is -3.09. The van der Waals surface area contributed by atoms with Crippen LogP contribution in [0.5, 0.6) is 23.0 Å². The zero-order valence-corrected chi connectivity index (χ0v) is 22.1. The van der Waals surface area contributed by atoms with Crippen LogP contribution >= 0.6 is 0 Å². The van der Waals surface area contributed by atoms with Crippen molar-refractivity contribution in [2.75, 3.05) is 13.2 Å². The fourth-order valence-corrected chi connectivity index (χ4v) is 4.78. The molecule has 10 N–H and O–H groups in total. The molecule has 2 aromatic carbocycles.